The molecule has 1 amide bonds. The van der Waals surface area contributed by atoms with Crippen LogP contribution in [0.3, 0.4) is 0 Å². The Hall–Kier alpha value is -1.56. The van der Waals surface area contributed by atoms with Crippen molar-refractivity contribution in [3.8, 4) is 0 Å². The van der Waals surface area contributed by atoms with Crippen molar-refractivity contribution in [3.05, 3.63) is 35.4 Å². The van der Waals surface area contributed by atoms with Gasteiger partial charge in [0.1, 0.15) is 0 Å². The van der Waals surface area contributed by atoms with Crippen molar-refractivity contribution in [3.63, 3.8) is 0 Å². The number of nitrogens with zero attached hydrogens (tertiary/aromatic N) is 1. The molecule has 0 N–H and O–H groups in total. The summed E-state index contributed by atoms with van der Waals surface area (Å²) in [5, 5.41) is 0. The van der Waals surface area contributed by atoms with Crippen LogP contribution in [0, 0.1) is 0 Å². The molecule has 1 aromatic rings. The minimum atomic E-state index is -4.31. The van der Waals surface area contributed by atoms with Crippen molar-refractivity contribution >= 4 is 5.91 Å². The van der Waals surface area contributed by atoms with E-state index in [1.165, 1.54) is 12.1 Å². The minimum absolute atomic E-state index is 0.0391. The highest BCUT2D eigenvalue weighted by atomic mass is 19.4. The second kappa shape index (κ2) is 11.9. The molecule has 1 aliphatic rings. The van der Waals surface area contributed by atoms with Crippen LogP contribution in [0.25, 0.3) is 0 Å². The molecule has 1 fully saturated rings. The Labute approximate surface area is 149 Å². The predicted molar refractivity (Wildman–Crippen MR) is 94.2 cm³/mol. The van der Waals surface area contributed by atoms with Crippen LogP contribution in [0.2, 0.25) is 0 Å². The molecule has 1 aromatic carbocycles. The van der Waals surface area contributed by atoms with E-state index in [1.807, 2.05) is 34.6 Å². The maximum atomic E-state index is 12.4. The molecule has 144 valence electrons. The molecule has 1 atom stereocenters. The molecule has 2 rings (SSSR count). The SMILES string of the molecule is CC.CC.CCC(=O)N1CCC(OCc2ccc(C(F)(F)F)cc2)C1. The molecular formula is C19H30F3NO2. The van der Waals surface area contributed by atoms with Gasteiger partial charge in [0.05, 0.1) is 18.3 Å². The van der Waals surface area contributed by atoms with E-state index in [0.717, 1.165) is 18.6 Å². The van der Waals surface area contributed by atoms with Gasteiger partial charge >= 0.3 is 6.18 Å². The molecule has 0 radical (unpaired) electrons. The van der Waals surface area contributed by atoms with Gasteiger partial charge in [0.2, 0.25) is 5.91 Å². The Morgan fingerprint density at radius 3 is 2.20 bits per heavy atom. The average molecular weight is 361 g/mol. The van der Waals surface area contributed by atoms with Crippen molar-refractivity contribution in [2.24, 2.45) is 0 Å². The summed E-state index contributed by atoms with van der Waals surface area (Å²) in [5.41, 5.74) is 0.0371. The van der Waals surface area contributed by atoms with Gasteiger partial charge in [-0.3, -0.25) is 4.79 Å². The third-order valence-electron chi connectivity index (χ3n) is 3.57. The fraction of sp³-hybridized carbons (Fsp3) is 0.632. The number of halogens is 3. The van der Waals surface area contributed by atoms with Crippen LogP contribution < -0.4 is 0 Å². The van der Waals surface area contributed by atoms with Gasteiger partial charge in [-0.05, 0) is 24.1 Å². The molecule has 0 aliphatic carbocycles. The maximum absolute atomic E-state index is 12.4. The number of carbonyl (C=O) groups excluding carboxylic acids is 1. The molecule has 3 nitrogen and oxygen atoms in total. The second-order valence-corrected chi connectivity index (χ2v) is 5.11. The number of carbonyl (C=O) groups is 1. The lowest BCUT2D eigenvalue weighted by Gasteiger charge is -2.16. The first kappa shape index (κ1) is 23.4. The van der Waals surface area contributed by atoms with E-state index in [1.54, 1.807) is 4.90 Å². The van der Waals surface area contributed by atoms with E-state index in [4.69, 9.17) is 4.74 Å². The van der Waals surface area contributed by atoms with E-state index in [2.05, 4.69) is 0 Å². The summed E-state index contributed by atoms with van der Waals surface area (Å²) in [6.07, 6.45) is -3.10. The van der Waals surface area contributed by atoms with Crippen molar-refractivity contribution in [2.45, 2.75) is 66.3 Å². The molecule has 1 heterocycles. The zero-order valence-electron chi connectivity index (χ0n) is 15.8. The number of ether oxygens (including phenoxy) is 1. The largest absolute Gasteiger partial charge is 0.416 e. The average Bonchev–Trinajstić information content (AvgIpc) is 3.11. The first-order valence-electron chi connectivity index (χ1n) is 8.95. The highest BCUT2D eigenvalue weighted by Gasteiger charge is 2.30. The quantitative estimate of drug-likeness (QED) is 0.730. The van der Waals surface area contributed by atoms with Crippen molar-refractivity contribution in [1.29, 1.82) is 0 Å². The Balaban J connectivity index is 0.00000134. The lowest BCUT2D eigenvalue weighted by Crippen LogP contribution is -2.29. The van der Waals surface area contributed by atoms with Crippen LogP contribution in [0.4, 0.5) is 13.2 Å². The number of likely N-dealkylation sites (tertiary alicyclic amines) is 1. The van der Waals surface area contributed by atoms with E-state index < -0.39 is 11.7 Å². The van der Waals surface area contributed by atoms with Gasteiger partial charge in [0.25, 0.3) is 0 Å². The smallest absolute Gasteiger partial charge is 0.372 e. The molecule has 25 heavy (non-hydrogen) atoms. The third-order valence-corrected chi connectivity index (χ3v) is 3.57. The van der Waals surface area contributed by atoms with Crippen molar-refractivity contribution < 1.29 is 22.7 Å². The summed E-state index contributed by atoms with van der Waals surface area (Å²) in [5.74, 6) is 0.107. The van der Waals surface area contributed by atoms with Gasteiger partial charge in [-0.15, -0.1) is 0 Å². The van der Waals surface area contributed by atoms with Crippen LogP contribution in [0.1, 0.15) is 58.6 Å². The van der Waals surface area contributed by atoms with E-state index in [0.29, 0.717) is 25.1 Å². The van der Waals surface area contributed by atoms with Crippen LogP contribution in [-0.4, -0.2) is 30.0 Å². The molecular weight excluding hydrogens is 331 g/mol. The number of rotatable bonds is 4. The molecule has 0 aromatic heterocycles. The first-order valence-corrected chi connectivity index (χ1v) is 8.95. The van der Waals surface area contributed by atoms with Gasteiger partial charge in [-0.25, -0.2) is 0 Å². The maximum Gasteiger partial charge on any atom is 0.416 e. The summed E-state index contributed by atoms with van der Waals surface area (Å²) >= 11 is 0. The van der Waals surface area contributed by atoms with Gasteiger partial charge in [-0.2, -0.15) is 13.2 Å². The van der Waals surface area contributed by atoms with E-state index in [9.17, 15) is 18.0 Å². The first-order chi connectivity index (χ1) is 11.9. The van der Waals surface area contributed by atoms with Gasteiger partial charge in [-0.1, -0.05) is 46.8 Å². The third kappa shape index (κ3) is 7.90. The fourth-order valence-electron chi connectivity index (χ4n) is 2.32. The lowest BCUT2D eigenvalue weighted by molar-refractivity contribution is -0.137. The van der Waals surface area contributed by atoms with Crippen LogP contribution >= 0.6 is 0 Å². The Bertz CT molecular complexity index is 486. The lowest BCUT2D eigenvalue weighted by atomic mass is 10.1. The molecule has 1 unspecified atom stereocenters. The molecule has 6 heteroatoms. The van der Waals surface area contributed by atoms with Crippen molar-refractivity contribution in [1.82, 2.24) is 4.90 Å². The summed E-state index contributed by atoms with van der Waals surface area (Å²) in [7, 11) is 0. The summed E-state index contributed by atoms with van der Waals surface area (Å²) in [6, 6.07) is 4.96. The summed E-state index contributed by atoms with van der Waals surface area (Å²) in [6.45, 7) is 11.3. The number of hydrogen-bond acceptors (Lipinski definition) is 2. The van der Waals surface area contributed by atoms with Crippen LogP contribution in [-0.2, 0) is 22.3 Å². The Morgan fingerprint density at radius 1 is 1.16 bits per heavy atom. The monoisotopic (exact) mass is 361 g/mol. The molecule has 0 bridgehead atoms. The zero-order valence-corrected chi connectivity index (χ0v) is 15.8. The fourth-order valence-corrected chi connectivity index (χ4v) is 2.32. The summed E-state index contributed by atoms with van der Waals surface area (Å²) in [4.78, 5) is 13.3. The summed E-state index contributed by atoms with van der Waals surface area (Å²) < 4.78 is 43.0. The number of amides is 1. The normalized spacial score (nSPS) is 16.5. The number of alkyl halides is 3. The van der Waals surface area contributed by atoms with E-state index >= 15 is 0 Å². The molecule has 1 saturated heterocycles. The Morgan fingerprint density at radius 2 is 1.72 bits per heavy atom. The van der Waals surface area contributed by atoms with Crippen molar-refractivity contribution in [2.75, 3.05) is 13.1 Å². The van der Waals surface area contributed by atoms with Gasteiger partial charge in [0, 0.05) is 19.5 Å². The van der Waals surface area contributed by atoms with Crippen LogP contribution in [0.5, 0.6) is 0 Å². The van der Waals surface area contributed by atoms with Gasteiger partial charge < -0.3 is 9.64 Å². The molecule has 0 spiro atoms. The predicted octanol–water partition coefficient (Wildman–Crippen LogP) is 5.29. The topological polar surface area (TPSA) is 29.5 Å². The van der Waals surface area contributed by atoms with Gasteiger partial charge in [0.15, 0.2) is 0 Å². The number of benzene rings is 1. The highest BCUT2D eigenvalue weighted by molar-refractivity contribution is 5.76. The van der Waals surface area contributed by atoms with E-state index in [-0.39, 0.29) is 18.6 Å². The Kier molecular flexibility index (Phi) is 11.2. The molecule has 1 aliphatic heterocycles. The number of hydrogen-bond donors (Lipinski definition) is 0. The minimum Gasteiger partial charge on any atom is -0.372 e. The van der Waals surface area contributed by atoms with Crippen LogP contribution in [0.15, 0.2) is 24.3 Å². The molecule has 0 saturated carbocycles. The highest BCUT2D eigenvalue weighted by Crippen LogP contribution is 2.29. The zero-order chi connectivity index (χ0) is 19.5. The second-order valence-electron chi connectivity index (χ2n) is 5.11. The standard InChI is InChI=1S/C15H18F3NO2.2C2H6/c1-2-14(20)19-8-7-13(9-19)21-10-11-3-5-12(6-4-11)15(16,17)18;2*1-2/h3-6,13H,2,7-10H2,1H3;2*1-2H3.